The highest BCUT2D eigenvalue weighted by Gasteiger charge is 2.15. The molecular weight excluding hydrogens is 332 g/mol. The summed E-state index contributed by atoms with van der Waals surface area (Å²) in [5, 5.41) is 6.80. The van der Waals surface area contributed by atoms with E-state index in [0.29, 0.717) is 16.9 Å². The number of amides is 2. The standard InChI is InChI=1S/C19H16N4O3/c1-12-11-16(24)17(22-23(12)15-5-3-2-4-6-15)19(26)21-14-9-7-13(8-10-14)18(20)25/h2-11H,1H3,(H2,20,25)(H,21,26). The van der Waals surface area contributed by atoms with E-state index in [0.717, 1.165) is 5.69 Å². The number of hydrogen-bond acceptors (Lipinski definition) is 4. The van der Waals surface area contributed by atoms with E-state index < -0.39 is 17.2 Å². The molecule has 3 rings (SSSR count). The number of carbonyl (C=O) groups excluding carboxylic acids is 2. The Balaban J connectivity index is 1.92. The highest BCUT2D eigenvalue weighted by molar-refractivity contribution is 6.03. The van der Waals surface area contributed by atoms with Crippen LogP contribution in [-0.4, -0.2) is 21.6 Å². The molecule has 0 atom stereocenters. The normalized spacial score (nSPS) is 10.3. The summed E-state index contributed by atoms with van der Waals surface area (Å²) in [5.74, 6) is -1.19. The van der Waals surface area contributed by atoms with E-state index in [-0.39, 0.29) is 5.69 Å². The average Bonchev–Trinajstić information content (AvgIpc) is 2.63. The van der Waals surface area contributed by atoms with Gasteiger partial charge in [0.2, 0.25) is 11.3 Å². The first-order valence-electron chi connectivity index (χ1n) is 7.83. The minimum absolute atomic E-state index is 0.224. The minimum atomic E-state index is -0.633. The number of carbonyl (C=O) groups is 2. The van der Waals surface area contributed by atoms with Gasteiger partial charge in [-0.25, -0.2) is 4.68 Å². The minimum Gasteiger partial charge on any atom is -0.366 e. The fraction of sp³-hybridized carbons (Fsp3) is 0.0526. The zero-order valence-electron chi connectivity index (χ0n) is 14.0. The second-order valence-electron chi connectivity index (χ2n) is 5.64. The average molecular weight is 348 g/mol. The van der Waals surface area contributed by atoms with Gasteiger partial charge in [0.15, 0.2) is 5.69 Å². The lowest BCUT2D eigenvalue weighted by Gasteiger charge is -2.11. The van der Waals surface area contributed by atoms with Gasteiger partial charge in [0.05, 0.1) is 5.69 Å². The zero-order chi connectivity index (χ0) is 18.7. The molecule has 0 aliphatic heterocycles. The smallest absolute Gasteiger partial charge is 0.280 e. The van der Waals surface area contributed by atoms with Crippen molar-refractivity contribution < 1.29 is 9.59 Å². The van der Waals surface area contributed by atoms with Gasteiger partial charge < -0.3 is 11.1 Å². The molecule has 2 amide bonds. The van der Waals surface area contributed by atoms with Crippen molar-refractivity contribution in [1.29, 1.82) is 0 Å². The van der Waals surface area contributed by atoms with Gasteiger partial charge in [0, 0.05) is 23.0 Å². The van der Waals surface area contributed by atoms with Crippen molar-refractivity contribution in [3.63, 3.8) is 0 Å². The van der Waals surface area contributed by atoms with Crippen LogP contribution in [0.3, 0.4) is 0 Å². The molecule has 0 saturated carbocycles. The summed E-state index contributed by atoms with van der Waals surface area (Å²) in [6.45, 7) is 1.74. The Labute approximate surface area is 149 Å². The van der Waals surface area contributed by atoms with E-state index in [1.807, 2.05) is 30.3 Å². The van der Waals surface area contributed by atoms with Crippen molar-refractivity contribution >= 4 is 17.5 Å². The Hall–Kier alpha value is -3.74. The molecule has 0 saturated heterocycles. The van der Waals surface area contributed by atoms with Crippen LogP contribution < -0.4 is 16.5 Å². The summed E-state index contributed by atoms with van der Waals surface area (Å²) in [6.07, 6.45) is 0. The molecule has 7 nitrogen and oxygen atoms in total. The molecular formula is C19H16N4O3. The van der Waals surface area contributed by atoms with E-state index in [9.17, 15) is 14.4 Å². The first-order valence-corrected chi connectivity index (χ1v) is 7.83. The third-order valence-corrected chi connectivity index (χ3v) is 3.75. The largest absolute Gasteiger partial charge is 0.366 e. The predicted octanol–water partition coefficient (Wildman–Crippen LogP) is 1.89. The van der Waals surface area contributed by atoms with Crippen molar-refractivity contribution in [3.05, 3.63) is 87.8 Å². The van der Waals surface area contributed by atoms with Gasteiger partial charge in [-0.2, -0.15) is 5.10 Å². The number of aryl methyl sites for hydroxylation is 1. The van der Waals surface area contributed by atoms with Gasteiger partial charge in [-0.05, 0) is 43.3 Å². The number of aromatic nitrogens is 2. The number of nitrogens with one attached hydrogen (secondary N) is 1. The molecule has 2 aromatic carbocycles. The maximum absolute atomic E-state index is 12.5. The van der Waals surface area contributed by atoms with Crippen LogP contribution in [0.5, 0.6) is 0 Å². The SMILES string of the molecule is Cc1cc(=O)c(C(=O)Nc2ccc(C(N)=O)cc2)nn1-c1ccccc1. The van der Waals surface area contributed by atoms with Crippen molar-refractivity contribution in [2.24, 2.45) is 5.73 Å². The lowest BCUT2D eigenvalue weighted by Crippen LogP contribution is -2.26. The maximum atomic E-state index is 12.5. The quantitative estimate of drug-likeness (QED) is 0.751. The fourth-order valence-electron chi connectivity index (χ4n) is 2.44. The highest BCUT2D eigenvalue weighted by atomic mass is 16.2. The molecule has 0 aliphatic rings. The number of anilines is 1. The van der Waals surface area contributed by atoms with Crippen molar-refractivity contribution in [2.45, 2.75) is 6.92 Å². The fourth-order valence-corrected chi connectivity index (χ4v) is 2.44. The van der Waals surface area contributed by atoms with E-state index in [1.165, 1.54) is 35.0 Å². The van der Waals surface area contributed by atoms with Crippen LogP contribution in [0.4, 0.5) is 5.69 Å². The van der Waals surface area contributed by atoms with Crippen LogP contribution in [-0.2, 0) is 0 Å². The molecule has 3 aromatic rings. The second-order valence-corrected chi connectivity index (χ2v) is 5.64. The second kappa shape index (κ2) is 7.02. The molecule has 0 bridgehead atoms. The number of nitrogens with two attached hydrogens (primary N) is 1. The van der Waals surface area contributed by atoms with Gasteiger partial charge in [-0.1, -0.05) is 18.2 Å². The topological polar surface area (TPSA) is 107 Å². The number of nitrogens with zero attached hydrogens (tertiary/aromatic N) is 2. The lowest BCUT2D eigenvalue weighted by atomic mass is 10.2. The summed E-state index contributed by atoms with van der Waals surface area (Å²) in [6, 6.07) is 16.6. The van der Waals surface area contributed by atoms with E-state index >= 15 is 0 Å². The number of rotatable bonds is 4. The van der Waals surface area contributed by atoms with Gasteiger partial charge in [-0.3, -0.25) is 14.4 Å². The molecule has 26 heavy (non-hydrogen) atoms. The van der Waals surface area contributed by atoms with Gasteiger partial charge in [0.1, 0.15) is 0 Å². The number of hydrogen-bond donors (Lipinski definition) is 2. The van der Waals surface area contributed by atoms with Gasteiger partial charge in [0.25, 0.3) is 5.91 Å². The van der Waals surface area contributed by atoms with E-state index in [4.69, 9.17) is 5.73 Å². The van der Waals surface area contributed by atoms with Crippen LogP contribution in [0.15, 0.2) is 65.5 Å². The van der Waals surface area contributed by atoms with Crippen LogP contribution in [0.25, 0.3) is 5.69 Å². The van der Waals surface area contributed by atoms with Crippen LogP contribution in [0, 0.1) is 6.92 Å². The third kappa shape index (κ3) is 3.51. The van der Waals surface area contributed by atoms with E-state index in [1.54, 1.807) is 6.92 Å². The zero-order valence-corrected chi connectivity index (χ0v) is 14.0. The highest BCUT2D eigenvalue weighted by Crippen LogP contribution is 2.11. The summed E-state index contributed by atoms with van der Waals surface area (Å²) in [4.78, 5) is 35.8. The molecule has 0 aliphatic carbocycles. The Bertz CT molecular complexity index is 1020. The summed E-state index contributed by atoms with van der Waals surface area (Å²) in [7, 11) is 0. The van der Waals surface area contributed by atoms with Crippen LogP contribution in [0.1, 0.15) is 26.5 Å². The Morgan fingerprint density at radius 2 is 1.69 bits per heavy atom. The Morgan fingerprint density at radius 3 is 2.31 bits per heavy atom. The molecule has 7 heteroatoms. The van der Waals surface area contributed by atoms with Crippen LogP contribution >= 0.6 is 0 Å². The molecule has 0 unspecified atom stereocenters. The maximum Gasteiger partial charge on any atom is 0.280 e. The van der Waals surface area contributed by atoms with Crippen LogP contribution in [0.2, 0.25) is 0 Å². The summed E-state index contributed by atoms with van der Waals surface area (Å²) >= 11 is 0. The number of benzene rings is 2. The Kier molecular flexibility index (Phi) is 4.62. The third-order valence-electron chi connectivity index (χ3n) is 3.75. The first kappa shape index (κ1) is 17.1. The summed E-state index contributed by atoms with van der Waals surface area (Å²) in [5.41, 5.74) is 6.59. The molecule has 1 heterocycles. The predicted molar refractivity (Wildman–Crippen MR) is 97.5 cm³/mol. The molecule has 0 spiro atoms. The molecule has 0 radical (unpaired) electrons. The summed E-state index contributed by atoms with van der Waals surface area (Å²) < 4.78 is 1.53. The van der Waals surface area contributed by atoms with E-state index in [2.05, 4.69) is 10.4 Å². The lowest BCUT2D eigenvalue weighted by molar-refractivity contribution is 0.0997. The van der Waals surface area contributed by atoms with Crippen molar-refractivity contribution in [2.75, 3.05) is 5.32 Å². The monoisotopic (exact) mass is 348 g/mol. The number of para-hydroxylation sites is 1. The van der Waals surface area contributed by atoms with Crippen molar-refractivity contribution in [3.8, 4) is 5.69 Å². The van der Waals surface area contributed by atoms with Gasteiger partial charge in [-0.15, -0.1) is 0 Å². The number of primary amides is 1. The van der Waals surface area contributed by atoms with Gasteiger partial charge >= 0.3 is 0 Å². The molecule has 1 aromatic heterocycles. The molecule has 0 fully saturated rings. The molecule has 130 valence electrons. The first-order chi connectivity index (χ1) is 12.5. The molecule has 3 N–H and O–H groups in total. The Morgan fingerprint density at radius 1 is 1.04 bits per heavy atom. The van der Waals surface area contributed by atoms with Crippen molar-refractivity contribution in [1.82, 2.24) is 9.78 Å².